The van der Waals surface area contributed by atoms with E-state index >= 15 is 0 Å². The van der Waals surface area contributed by atoms with Gasteiger partial charge in [0.05, 0.1) is 5.54 Å². The molecule has 0 bridgehead atoms. The van der Waals surface area contributed by atoms with E-state index < -0.39 is 5.54 Å². The van der Waals surface area contributed by atoms with E-state index in [0.717, 1.165) is 44.6 Å². The van der Waals surface area contributed by atoms with Crippen LogP contribution in [0.4, 0.5) is 5.69 Å². The average molecular weight is 336 g/mol. The number of carbonyl (C=O) groups excluding carboxylic acids is 1. The first-order valence-corrected chi connectivity index (χ1v) is 9.20. The van der Waals surface area contributed by atoms with Crippen molar-refractivity contribution in [3.8, 4) is 0 Å². The van der Waals surface area contributed by atoms with Gasteiger partial charge >= 0.3 is 0 Å². The standard InChI is InChI=1S/C22H28N2O/c1-18-8-10-21(11-9-18)23-22(19(2)25)13-16-24(17-14-22)15-12-20-6-4-3-5-7-20/h3-11,23H,12-17H2,1-2H3. The molecule has 0 unspecified atom stereocenters. The van der Waals surface area contributed by atoms with E-state index in [1.54, 1.807) is 6.92 Å². The van der Waals surface area contributed by atoms with Crippen molar-refractivity contribution in [3.63, 3.8) is 0 Å². The number of ketones is 1. The van der Waals surface area contributed by atoms with Crippen molar-refractivity contribution in [3.05, 3.63) is 65.7 Å². The maximum atomic E-state index is 12.4. The molecule has 132 valence electrons. The molecule has 1 fully saturated rings. The Balaban J connectivity index is 1.58. The number of benzene rings is 2. The highest BCUT2D eigenvalue weighted by Gasteiger charge is 2.38. The Labute approximate surface area is 151 Å². The fraction of sp³-hybridized carbons (Fsp3) is 0.409. The molecule has 1 aliphatic rings. The molecule has 1 saturated heterocycles. The predicted octanol–water partition coefficient (Wildman–Crippen LogP) is 4.07. The van der Waals surface area contributed by atoms with Crippen LogP contribution in [-0.2, 0) is 11.2 Å². The van der Waals surface area contributed by atoms with Crippen molar-refractivity contribution >= 4 is 11.5 Å². The van der Waals surface area contributed by atoms with Crippen molar-refractivity contribution in [2.45, 2.75) is 38.6 Å². The summed E-state index contributed by atoms with van der Waals surface area (Å²) in [4.78, 5) is 14.9. The lowest BCUT2D eigenvalue weighted by molar-refractivity contribution is -0.122. The molecular formula is C22H28N2O. The normalized spacial score (nSPS) is 17.2. The Morgan fingerprint density at radius 1 is 1.04 bits per heavy atom. The fourth-order valence-corrected chi connectivity index (χ4v) is 3.57. The molecule has 1 heterocycles. The Hall–Kier alpha value is -2.13. The van der Waals surface area contributed by atoms with Gasteiger partial charge < -0.3 is 10.2 Å². The minimum Gasteiger partial charge on any atom is -0.373 e. The number of hydrogen-bond donors (Lipinski definition) is 1. The summed E-state index contributed by atoms with van der Waals surface area (Å²) in [6.45, 7) is 6.79. The number of piperidine rings is 1. The molecule has 3 heteroatoms. The van der Waals surface area contributed by atoms with Crippen LogP contribution in [0.2, 0.25) is 0 Å². The number of carbonyl (C=O) groups is 1. The summed E-state index contributed by atoms with van der Waals surface area (Å²) in [5.41, 5.74) is 3.23. The van der Waals surface area contributed by atoms with E-state index in [4.69, 9.17) is 0 Å². The largest absolute Gasteiger partial charge is 0.373 e. The van der Waals surface area contributed by atoms with Crippen LogP contribution in [0.5, 0.6) is 0 Å². The fourth-order valence-electron chi connectivity index (χ4n) is 3.57. The summed E-state index contributed by atoms with van der Waals surface area (Å²) in [6, 6.07) is 18.9. The monoisotopic (exact) mass is 336 g/mol. The molecule has 0 aliphatic carbocycles. The predicted molar refractivity (Wildman–Crippen MR) is 104 cm³/mol. The quantitative estimate of drug-likeness (QED) is 0.863. The number of nitrogens with zero attached hydrogens (tertiary/aromatic N) is 1. The molecule has 0 spiro atoms. The number of likely N-dealkylation sites (tertiary alicyclic amines) is 1. The number of hydrogen-bond acceptors (Lipinski definition) is 3. The third-order valence-corrected chi connectivity index (χ3v) is 5.38. The lowest BCUT2D eigenvalue weighted by Crippen LogP contribution is -2.53. The van der Waals surface area contributed by atoms with Crippen LogP contribution in [0.3, 0.4) is 0 Å². The van der Waals surface area contributed by atoms with Crippen LogP contribution >= 0.6 is 0 Å². The summed E-state index contributed by atoms with van der Waals surface area (Å²) < 4.78 is 0. The molecule has 2 aromatic carbocycles. The second-order valence-electron chi connectivity index (χ2n) is 7.21. The van der Waals surface area contributed by atoms with Crippen molar-refractivity contribution in [2.24, 2.45) is 0 Å². The van der Waals surface area contributed by atoms with Gasteiger partial charge in [-0.25, -0.2) is 0 Å². The van der Waals surface area contributed by atoms with Crippen molar-refractivity contribution in [1.29, 1.82) is 0 Å². The summed E-state index contributed by atoms with van der Waals surface area (Å²) in [5.74, 6) is 0.246. The molecule has 25 heavy (non-hydrogen) atoms. The van der Waals surface area contributed by atoms with Gasteiger partial charge in [0.1, 0.15) is 0 Å². The third-order valence-electron chi connectivity index (χ3n) is 5.38. The van der Waals surface area contributed by atoms with Crippen LogP contribution < -0.4 is 5.32 Å². The highest BCUT2D eigenvalue weighted by molar-refractivity contribution is 5.89. The molecular weight excluding hydrogens is 308 g/mol. The number of aryl methyl sites for hydroxylation is 1. The highest BCUT2D eigenvalue weighted by Crippen LogP contribution is 2.28. The average Bonchev–Trinajstić information content (AvgIpc) is 2.64. The first-order valence-electron chi connectivity index (χ1n) is 9.20. The van der Waals surface area contributed by atoms with Crippen molar-refractivity contribution in [2.75, 3.05) is 25.0 Å². The van der Waals surface area contributed by atoms with Gasteiger partial charge in [-0.05, 0) is 50.8 Å². The molecule has 0 amide bonds. The molecule has 3 nitrogen and oxygen atoms in total. The summed E-state index contributed by atoms with van der Waals surface area (Å²) in [5, 5.41) is 3.54. The Morgan fingerprint density at radius 3 is 2.28 bits per heavy atom. The second-order valence-corrected chi connectivity index (χ2v) is 7.21. The van der Waals surface area contributed by atoms with E-state index in [1.807, 2.05) is 0 Å². The first kappa shape index (κ1) is 17.7. The topological polar surface area (TPSA) is 32.3 Å². The van der Waals surface area contributed by atoms with Crippen LogP contribution in [-0.4, -0.2) is 35.9 Å². The van der Waals surface area contributed by atoms with E-state index in [2.05, 4.69) is 71.7 Å². The molecule has 3 rings (SSSR count). The minimum atomic E-state index is -0.418. The number of anilines is 1. The van der Waals surface area contributed by atoms with Gasteiger partial charge in [0, 0.05) is 25.3 Å². The zero-order chi connectivity index (χ0) is 17.7. The minimum absolute atomic E-state index is 0.246. The van der Waals surface area contributed by atoms with E-state index in [9.17, 15) is 4.79 Å². The van der Waals surface area contributed by atoms with Crippen LogP contribution in [0, 0.1) is 6.92 Å². The zero-order valence-corrected chi connectivity index (χ0v) is 15.3. The molecule has 0 radical (unpaired) electrons. The summed E-state index contributed by atoms with van der Waals surface area (Å²) >= 11 is 0. The van der Waals surface area contributed by atoms with Gasteiger partial charge in [0.25, 0.3) is 0 Å². The van der Waals surface area contributed by atoms with Crippen molar-refractivity contribution < 1.29 is 4.79 Å². The highest BCUT2D eigenvalue weighted by atomic mass is 16.1. The molecule has 1 N–H and O–H groups in total. The van der Waals surface area contributed by atoms with Gasteiger partial charge in [-0.2, -0.15) is 0 Å². The smallest absolute Gasteiger partial charge is 0.155 e. The lowest BCUT2D eigenvalue weighted by Gasteiger charge is -2.41. The number of rotatable bonds is 6. The van der Waals surface area contributed by atoms with Gasteiger partial charge in [-0.3, -0.25) is 4.79 Å². The van der Waals surface area contributed by atoms with Crippen LogP contribution in [0.15, 0.2) is 54.6 Å². The number of Topliss-reactive ketones (excluding diaryl/α,β-unsaturated/α-hetero) is 1. The maximum Gasteiger partial charge on any atom is 0.155 e. The van der Waals surface area contributed by atoms with Gasteiger partial charge in [0.15, 0.2) is 5.78 Å². The van der Waals surface area contributed by atoms with E-state index in [1.165, 1.54) is 11.1 Å². The lowest BCUT2D eigenvalue weighted by atomic mass is 9.83. The molecule has 0 saturated carbocycles. The summed E-state index contributed by atoms with van der Waals surface area (Å²) in [7, 11) is 0. The Morgan fingerprint density at radius 2 is 1.68 bits per heavy atom. The SMILES string of the molecule is CC(=O)C1(Nc2ccc(C)cc2)CCN(CCc2ccccc2)CC1. The zero-order valence-electron chi connectivity index (χ0n) is 15.3. The molecule has 0 aromatic heterocycles. The van der Waals surface area contributed by atoms with Gasteiger partial charge in [-0.15, -0.1) is 0 Å². The molecule has 1 aliphatic heterocycles. The Kier molecular flexibility index (Phi) is 5.54. The van der Waals surface area contributed by atoms with Crippen LogP contribution in [0.1, 0.15) is 30.9 Å². The maximum absolute atomic E-state index is 12.4. The molecule has 2 aromatic rings. The van der Waals surface area contributed by atoms with Gasteiger partial charge in [-0.1, -0.05) is 48.0 Å². The Bertz CT molecular complexity index is 686. The van der Waals surface area contributed by atoms with Gasteiger partial charge in [0.2, 0.25) is 0 Å². The second kappa shape index (κ2) is 7.83. The van der Waals surface area contributed by atoms with Crippen molar-refractivity contribution in [1.82, 2.24) is 4.90 Å². The first-order chi connectivity index (χ1) is 12.1. The van der Waals surface area contributed by atoms with Crippen LogP contribution in [0.25, 0.3) is 0 Å². The number of nitrogens with one attached hydrogen (secondary N) is 1. The summed E-state index contributed by atoms with van der Waals surface area (Å²) in [6.07, 6.45) is 2.80. The van der Waals surface area contributed by atoms with E-state index in [0.29, 0.717) is 0 Å². The third kappa shape index (κ3) is 4.49. The van der Waals surface area contributed by atoms with E-state index in [-0.39, 0.29) is 5.78 Å². The molecule has 0 atom stereocenters.